The Kier molecular flexibility index (Phi) is 4.18. The summed E-state index contributed by atoms with van der Waals surface area (Å²) in [6.07, 6.45) is 3.03. The van der Waals surface area contributed by atoms with Crippen molar-refractivity contribution in [3.8, 4) is 5.75 Å². The van der Waals surface area contributed by atoms with Gasteiger partial charge in [-0.15, -0.1) is 5.10 Å². The van der Waals surface area contributed by atoms with Crippen molar-refractivity contribution >= 4 is 22.5 Å². The quantitative estimate of drug-likeness (QED) is 0.458. The van der Waals surface area contributed by atoms with Crippen molar-refractivity contribution in [3.05, 3.63) is 53.6 Å². The number of rotatable bonds is 4. The molecule has 0 radical (unpaired) electrons. The zero-order valence-corrected chi connectivity index (χ0v) is 17.7. The predicted molar refractivity (Wildman–Crippen MR) is 117 cm³/mol. The zero-order chi connectivity index (χ0) is 22.0. The number of aromatic nitrogens is 5. The third kappa shape index (κ3) is 3.08. The molecule has 31 heavy (non-hydrogen) atoms. The average molecular weight is 419 g/mol. The van der Waals surface area contributed by atoms with E-state index in [2.05, 4.69) is 15.1 Å². The van der Waals surface area contributed by atoms with Crippen molar-refractivity contribution in [1.29, 1.82) is 0 Å². The van der Waals surface area contributed by atoms with Crippen molar-refractivity contribution in [2.45, 2.75) is 43.7 Å². The van der Waals surface area contributed by atoms with Crippen LogP contribution in [0.25, 0.3) is 16.6 Å². The number of nitrogens with zero attached hydrogens (tertiary/aromatic N) is 5. The molecule has 0 bridgehead atoms. The van der Waals surface area contributed by atoms with Gasteiger partial charge in [-0.25, -0.2) is 9.97 Å². The first kappa shape index (κ1) is 19.7. The number of nitrogens with two attached hydrogens (primary N) is 2. The van der Waals surface area contributed by atoms with Crippen molar-refractivity contribution in [3.63, 3.8) is 0 Å². The highest BCUT2D eigenvalue weighted by atomic mass is 16.5. The first-order valence-electron chi connectivity index (χ1n) is 10.2. The standard InChI is InChI=1S/C22H25N7O2/c1-21(2,30)13-7-8-16(25-11-13)22(24)9-12(10-22)18-27-19-14-5-4-6-15(31-3)17(14)26-20(23)29(19)28-18/h4-8,11-12,30H,9-10,24H2,1-3H3,(H2,23,26). The molecule has 5 N–H and O–H groups in total. The number of hydrogen-bond acceptors (Lipinski definition) is 8. The Morgan fingerprint density at radius 2 is 1.97 bits per heavy atom. The van der Waals surface area contributed by atoms with E-state index in [9.17, 15) is 5.11 Å². The van der Waals surface area contributed by atoms with Crippen LogP contribution in [0, 0.1) is 0 Å². The van der Waals surface area contributed by atoms with E-state index >= 15 is 0 Å². The molecular weight excluding hydrogens is 394 g/mol. The fourth-order valence-corrected chi connectivity index (χ4v) is 4.24. The van der Waals surface area contributed by atoms with Crippen LogP contribution in [-0.2, 0) is 11.1 Å². The average Bonchev–Trinajstić information content (AvgIpc) is 3.16. The topological polar surface area (TPSA) is 137 Å². The van der Waals surface area contributed by atoms with Crippen LogP contribution in [0.4, 0.5) is 5.95 Å². The van der Waals surface area contributed by atoms with Crippen LogP contribution in [0.1, 0.15) is 49.7 Å². The summed E-state index contributed by atoms with van der Waals surface area (Å²) >= 11 is 0. The zero-order valence-electron chi connectivity index (χ0n) is 17.7. The number of nitrogen functional groups attached to an aromatic ring is 1. The molecule has 0 spiro atoms. The Hall–Kier alpha value is -3.30. The smallest absolute Gasteiger partial charge is 0.223 e. The van der Waals surface area contributed by atoms with Crippen LogP contribution in [0.3, 0.4) is 0 Å². The second kappa shape index (κ2) is 6.60. The van der Waals surface area contributed by atoms with Crippen LogP contribution in [-0.4, -0.2) is 36.8 Å². The summed E-state index contributed by atoms with van der Waals surface area (Å²) < 4.78 is 6.98. The summed E-state index contributed by atoms with van der Waals surface area (Å²) in [4.78, 5) is 13.7. The van der Waals surface area contributed by atoms with Gasteiger partial charge in [-0.05, 0) is 44.9 Å². The number of fused-ring (bicyclic) bond motifs is 3. The molecule has 0 aliphatic heterocycles. The van der Waals surface area contributed by atoms with Crippen LogP contribution in [0.15, 0.2) is 36.5 Å². The summed E-state index contributed by atoms with van der Waals surface area (Å²) in [6, 6.07) is 9.43. The first-order chi connectivity index (χ1) is 14.7. The minimum atomic E-state index is -0.935. The van der Waals surface area contributed by atoms with E-state index in [-0.39, 0.29) is 11.9 Å². The molecule has 4 aromatic rings. The molecule has 1 fully saturated rings. The molecule has 160 valence electrons. The van der Waals surface area contributed by atoms with E-state index in [0.717, 1.165) is 16.6 Å². The number of aliphatic hydroxyl groups is 1. The Morgan fingerprint density at radius 1 is 1.19 bits per heavy atom. The van der Waals surface area contributed by atoms with Gasteiger partial charge in [0.05, 0.1) is 23.9 Å². The number of para-hydroxylation sites is 1. The summed E-state index contributed by atoms with van der Waals surface area (Å²) in [6.45, 7) is 3.46. The van der Waals surface area contributed by atoms with E-state index in [4.69, 9.17) is 21.2 Å². The molecule has 1 aliphatic carbocycles. The van der Waals surface area contributed by atoms with Gasteiger partial charge >= 0.3 is 0 Å². The third-order valence-corrected chi connectivity index (χ3v) is 6.09. The maximum absolute atomic E-state index is 10.1. The van der Waals surface area contributed by atoms with Crippen molar-refractivity contribution in [2.75, 3.05) is 12.8 Å². The summed E-state index contributed by atoms with van der Waals surface area (Å²) in [7, 11) is 1.60. The van der Waals surface area contributed by atoms with Gasteiger partial charge in [-0.2, -0.15) is 4.52 Å². The number of pyridine rings is 1. The monoisotopic (exact) mass is 419 g/mol. The number of hydrogen-bond donors (Lipinski definition) is 3. The number of methoxy groups -OCH3 is 1. The predicted octanol–water partition coefficient (Wildman–Crippen LogP) is 2.22. The molecule has 1 aliphatic rings. The van der Waals surface area contributed by atoms with Crippen LogP contribution < -0.4 is 16.2 Å². The largest absolute Gasteiger partial charge is 0.494 e. The fraction of sp³-hybridized carbons (Fsp3) is 0.364. The summed E-state index contributed by atoms with van der Waals surface area (Å²) in [5.74, 6) is 1.69. The summed E-state index contributed by atoms with van der Waals surface area (Å²) in [5.41, 5.74) is 14.2. The second-order valence-corrected chi connectivity index (χ2v) is 8.78. The van der Waals surface area contributed by atoms with E-state index in [1.807, 2.05) is 30.3 Å². The Labute approximate surface area is 179 Å². The molecule has 5 rings (SSSR count). The van der Waals surface area contributed by atoms with Gasteiger partial charge < -0.3 is 21.3 Å². The Morgan fingerprint density at radius 3 is 2.61 bits per heavy atom. The molecule has 1 saturated carbocycles. The number of benzene rings is 1. The molecular formula is C22H25N7O2. The lowest BCUT2D eigenvalue weighted by molar-refractivity contribution is 0.0780. The van der Waals surface area contributed by atoms with Gasteiger partial charge in [-0.3, -0.25) is 4.98 Å². The summed E-state index contributed by atoms with van der Waals surface area (Å²) in [5, 5.41) is 15.6. The Balaban J connectivity index is 1.45. The van der Waals surface area contributed by atoms with Crippen LogP contribution in [0.2, 0.25) is 0 Å². The number of ether oxygens (including phenoxy) is 1. The van der Waals surface area contributed by atoms with Crippen LogP contribution in [0.5, 0.6) is 5.75 Å². The van der Waals surface area contributed by atoms with Gasteiger partial charge in [0.2, 0.25) is 5.95 Å². The molecule has 0 unspecified atom stereocenters. The maximum atomic E-state index is 10.1. The molecule has 3 aromatic heterocycles. The van der Waals surface area contributed by atoms with Gasteiger partial charge in [0.25, 0.3) is 0 Å². The van der Waals surface area contributed by atoms with Gasteiger partial charge in [0.1, 0.15) is 11.3 Å². The van der Waals surface area contributed by atoms with Gasteiger partial charge in [0, 0.05) is 23.1 Å². The molecule has 9 heteroatoms. The third-order valence-electron chi connectivity index (χ3n) is 6.09. The van der Waals surface area contributed by atoms with Crippen molar-refractivity contribution < 1.29 is 9.84 Å². The molecule has 9 nitrogen and oxygen atoms in total. The lowest BCUT2D eigenvalue weighted by Gasteiger charge is -2.43. The highest BCUT2D eigenvalue weighted by Gasteiger charge is 2.46. The minimum Gasteiger partial charge on any atom is -0.494 e. The lowest BCUT2D eigenvalue weighted by Crippen LogP contribution is -2.48. The molecule has 0 atom stereocenters. The lowest BCUT2D eigenvalue weighted by atomic mass is 9.66. The SMILES string of the molecule is COc1cccc2c1nc(N)n1nc(C3CC(N)(c4ccc(C(C)(C)O)cn4)C3)nc21. The minimum absolute atomic E-state index is 0.0979. The second-order valence-electron chi connectivity index (χ2n) is 8.78. The highest BCUT2D eigenvalue weighted by Crippen LogP contribution is 2.48. The first-order valence-corrected chi connectivity index (χ1v) is 10.2. The Bertz CT molecular complexity index is 1290. The maximum Gasteiger partial charge on any atom is 0.223 e. The van der Waals surface area contributed by atoms with Gasteiger partial charge in [-0.1, -0.05) is 12.1 Å². The van der Waals surface area contributed by atoms with Crippen molar-refractivity contribution in [2.24, 2.45) is 5.73 Å². The number of anilines is 1. The molecule has 0 saturated heterocycles. The van der Waals surface area contributed by atoms with E-state index in [1.165, 1.54) is 0 Å². The molecule has 1 aromatic carbocycles. The van der Waals surface area contributed by atoms with E-state index < -0.39 is 11.1 Å². The fourth-order valence-electron chi connectivity index (χ4n) is 4.24. The highest BCUT2D eigenvalue weighted by molar-refractivity contribution is 5.95. The van der Waals surface area contributed by atoms with E-state index in [1.54, 1.807) is 31.7 Å². The van der Waals surface area contributed by atoms with Crippen LogP contribution >= 0.6 is 0 Å². The van der Waals surface area contributed by atoms with Crippen molar-refractivity contribution in [1.82, 2.24) is 24.6 Å². The molecule has 3 heterocycles. The van der Waals surface area contributed by atoms with E-state index in [0.29, 0.717) is 35.6 Å². The normalized spacial score (nSPS) is 21.4. The van der Waals surface area contributed by atoms with Gasteiger partial charge in [0.15, 0.2) is 11.5 Å². The molecule has 0 amide bonds.